The highest BCUT2D eigenvalue weighted by Gasteiger charge is 2.03. The van der Waals surface area contributed by atoms with E-state index in [-0.39, 0.29) is 0 Å². The summed E-state index contributed by atoms with van der Waals surface area (Å²) in [5.74, 6) is 0. The fraction of sp³-hybridized carbons (Fsp3) is 0.800. The molecule has 1 aliphatic heterocycles. The summed E-state index contributed by atoms with van der Waals surface area (Å²) >= 11 is 0. The van der Waals surface area contributed by atoms with E-state index in [0.29, 0.717) is 6.04 Å². The first-order valence-electron chi connectivity index (χ1n) is 2.68. The summed E-state index contributed by atoms with van der Waals surface area (Å²) in [4.78, 5) is 0. The number of hydrogen-bond donors (Lipinski definition) is 2. The van der Waals surface area contributed by atoms with E-state index < -0.39 is 0 Å². The van der Waals surface area contributed by atoms with Crippen molar-refractivity contribution in [3.8, 4) is 0 Å². The van der Waals surface area contributed by atoms with Crippen molar-refractivity contribution in [2.24, 2.45) is 0 Å². The molecule has 7 heavy (non-hydrogen) atoms. The van der Waals surface area contributed by atoms with E-state index in [9.17, 15) is 0 Å². The molecule has 1 atom stereocenters. The highest BCUT2D eigenvalue weighted by molar-refractivity contribution is 4.77. The van der Waals surface area contributed by atoms with Crippen LogP contribution in [0.1, 0.15) is 6.92 Å². The number of hydrogen-bond acceptors (Lipinski definition) is 2. The molecule has 1 radical (unpaired) electrons. The van der Waals surface area contributed by atoms with E-state index in [1.165, 1.54) is 0 Å². The molecule has 1 aliphatic rings. The van der Waals surface area contributed by atoms with Gasteiger partial charge in [-0.3, -0.25) is 0 Å². The Morgan fingerprint density at radius 2 is 2.57 bits per heavy atom. The van der Waals surface area contributed by atoms with Crippen molar-refractivity contribution in [3.63, 3.8) is 0 Å². The minimum atomic E-state index is 0.644. The maximum Gasteiger partial charge on any atom is 0.0359 e. The third kappa shape index (κ3) is 1.45. The lowest BCUT2D eigenvalue weighted by atomic mass is 10.3. The lowest BCUT2D eigenvalue weighted by Gasteiger charge is -2.19. The lowest BCUT2D eigenvalue weighted by Crippen LogP contribution is -2.43. The highest BCUT2D eigenvalue weighted by atomic mass is 15.0. The number of piperazine rings is 1. The quantitative estimate of drug-likeness (QED) is 0.437. The predicted octanol–water partition coefficient (Wildman–Crippen LogP) is -0.271. The van der Waals surface area contributed by atoms with Crippen LogP contribution < -0.4 is 10.6 Å². The van der Waals surface area contributed by atoms with Crippen molar-refractivity contribution in [2.45, 2.75) is 13.0 Å². The maximum atomic E-state index is 3.26. The van der Waals surface area contributed by atoms with Crippen LogP contribution in [0.25, 0.3) is 0 Å². The van der Waals surface area contributed by atoms with Gasteiger partial charge in [-0.2, -0.15) is 0 Å². The second-order valence-electron chi connectivity index (χ2n) is 1.92. The molecule has 0 aromatic rings. The summed E-state index contributed by atoms with van der Waals surface area (Å²) in [7, 11) is 0. The molecule has 1 heterocycles. The van der Waals surface area contributed by atoms with Crippen molar-refractivity contribution in [1.82, 2.24) is 10.6 Å². The summed E-state index contributed by atoms with van der Waals surface area (Å²) < 4.78 is 0. The van der Waals surface area contributed by atoms with Crippen LogP contribution in [0.4, 0.5) is 0 Å². The van der Waals surface area contributed by atoms with Crippen LogP contribution in [-0.4, -0.2) is 19.1 Å². The Kier molecular flexibility index (Phi) is 1.65. The van der Waals surface area contributed by atoms with Gasteiger partial charge in [0.15, 0.2) is 0 Å². The zero-order valence-electron chi connectivity index (χ0n) is 4.57. The van der Waals surface area contributed by atoms with Gasteiger partial charge in [-0.25, -0.2) is 0 Å². The molecule has 1 rings (SSSR count). The monoisotopic (exact) mass is 99.1 g/mol. The van der Waals surface area contributed by atoms with Crippen LogP contribution in [0, 0.1) is 6.54 Å². The Bertz CT molecular complexity index is 48.0. The predicted molar refractivity (Wildman–Crippen MR) is 29.8 cm³/mol. The molecular formula is C5H11N2. The molecule has 0 spiro atoms. The van der Waals surface area contributed by atoms with Crippen LogP contribution in [-0.2, 0) is 0 Å². The van der Waals surface area contributed by atoms with E-state index in [0.717, 1.165) is 13.1 Å². The third-order valence-electron chi connectivity index (χ3n) is 1.14. The van der Waals surface area contributed by atoms with Gasteiger partial charge in [-0.15, -0.1) is 0 Å². The molecule has 0 aromatic carbocycles. The maximum absolute atomic E-state index is 3.26. The van der Waals surface area contributed by atoms with Gasteiger partial charge in [0, 0.05) is 25.7 Å². The molecule has 0 aromatic heterocycles. The molecule has 0 amide bonds. The summed E-state index contributed by atoms with van der Waals surface area (Å²) in [5.41, 5.74) is 0. The van der Waals surface area contributed by atoms with Crippen LogP contribution in [0.15, 0.2) is 0 Å². The van der Waals surface area contributed by atoms with Crippen molar-refractivity contribution in [1.29, 1.82) is 0 Å². The molecule has 0 bridgehead atoms. The fourth-order valence-corrected chi connectivity index (χ4v) is 0.665. The van der Waals surface area contributed by atoms with Crippen molar-refractivity contribution in [3.05, 3.63) is 6.54 Å². The topological polar surface area (TPSA) is 24.1 Å². The van der Waals surface area contributed by atoms with E-state index in [1.54, 1.807) is 0 Å². The van der Waals surface area contributed by atoms with Crippen LogP contribution in [0.2, 0.25) is 0 Å². The van der Waals surface area contributed by atoms with Crippen molar-refractivity contribution >= 4 is 0 Å². The molecule has 2 N–H and O–H groups in total. The van der Waals surface area contributed by atoms with Crippen molar-refractivity contribution < 1.29 is 0 Å². The van der Waals surface area contributed by atoms with Gasteiger partial charge in [-0.05, 0) is 6.92 Å². The van der Waals surface area contributed by atoms with Gasteiger partial charge < -0.3 is 10.6 Å². The van der Waals surface area contributed by atoms with E-state index in [4.69, 9.17) is 0 Å². The Labute approximate surface area is 44.3 Å². The molecule has 1 saturated heterocycles. The average Bonchev–Trinajstić information content (AvgIpc) is 1.69. The van der Waals surface area contributed by atoms with E-state index in [1.807, 2.05) is 6.54 Å². The molecule has 2 nitrogen and oxygen atoms in total. The molecule has 0 aliphatic carbocycles. The zero-order valence-corrected chi connectivity index (χ0v) is 4.57. The van der Waals surface area contributed by atoms with Gasteiger partial charge >= 0.3 is 0 Å². The Hall–Kier alpha value is -0.0800. The smallest absolute Gasteiger partial charge is 0.0359 e. The molecule has 41 valence electrons. The van der Waals surface area contributed by atoms with Gasteiger partial charge in [-0.1, -0.05) is 0 Å². The van der Waals surface area contributed by atoms with Crippen LogP contribution in [0.5, 0.6) is 0 Å². The largest absolute Gasteiger partial charge is 0.311 e. The van der Waals surface area contributed by atoms with Gasteiger partial charge in [0.2, 0.25) is 0 Å². The Balaban J connectivity index is 2.12. The first kappa shape index (κ1) is 5.06. The van der Waals surface area contributed by atoms with Crippen molar-refractivity contribution in [2.75, 3.05) is 13.1 Å². The number of rotatable bonds is 0. The fourth-order valence-electron chi connectivity index (χ4n) is 0.665. The molecule has 1 unspecified atom stereocenters. The average molecular weight is 99.2 g/mol. The molecule has 2 heteroatoms. The van der Waals surface area contributed by atoms with Crippen LogP contribution >= 0.6 is 0 Å². The number of nitrogens with one attached hydrogen (secondary N) is 2. The SMILES string of the molecule is CC1CN[CH]CN1. The first-order chi connectivity index (χ1) is 3.39. The van der Waals surface area contributed by atoms with Gasteiger partial charge in [0.1, 0.15) is 0 Å². The Morgan fingerprint density at radius 3 is 2.86 bits per heavy atom. The second-order valence-corrected chi connectivity index (χ2v) is 1.92. The minimum Gasteiger partial charge on any atom is -0.311 e. The first-order valence-corrected chi connectivity index (χ1v) is 2.68. The van der Waals surface area contributed by atoms with Gasteiger partial charge in [0.25, 0.3) is 0 Å². The summed E-state index contributed by atoms with van der Waals surface area (Å²) in [6, 6.07) is 0.644. The second kappa shape index (κ2) is 2.28. The minimum absolute atomic E-state index is 0.644. The molecular weight excluding hydrogens is 88.1 g/mol. The summed E-state index contributed by atoms with van der Waals surface area (Å²) in [6.45, 7) is 6.28. The van der Waals surface area contributed by atoms with E-state index in [2.05, 4.69) is 17.6 Å². The van der Waals surface area contributed by atoms with E-state index >= 15 is 0 Å². The third-order valence-corrected chi connectivity index (χ3v) is 1.14. The lowest BCUT2D eigenvalue weighted by molar-refractivity contribution is 0.482. The molecule has 1 fully saturated rings. The summed E-state index contributed by atoms with van der Waals surface area (Å²) in [6.07, 6.45) is 0. The standard InChI is InChI=1S/C5H11N2/c1-5-4-6-2-3-7-5/h2,5-7H,3-4H2,1H3. The van der Waals surface area contributed by atoms with Crippen LogP contribution in [0.3, 0.4) is 0 Å². The summed E-state index contributed by atoms with van der Waals surface area (Å²) in [5, 5.41) is 6.41. The Morgan fingerprint density at radius 1 is 1.71 bits per heavy atom. The molecule has 0 saturated carbocycles. The normalized spacial score (nSPS) is 33.0. The van der Waals surface area contributed by atoms with Gasteiger partial charge in [0.05, 0.1) is 0 Å². The highest BCUT2D eigenvalue weighted by Crippen LogP contribution is 1.84. The zero-order chi connectivity index (χ0) is 5.11.